The molecule has 2 heterocycles. The first kappa shape index (κ1) is 17.9. The van der Waals surface area contributed by atoms with E-state index in [2.05, 4.69) is 12.0 Å². The Kier molecular flexibility index (Phi) is 5.23. The van der Waals surface area contributed by atoms with Crippen molar-refractivity contribution in [2.45, 2.75) is 20.0 Å². The third-order valence-electron chi connectivity index (χ3n) is 4.33. The van der Waals surface area contributed by atoms with Crippen molar-refractivity contribution in [3.8, 4) is 11.5 Å². The Hall–Kier alpha value is -2.86. The molecule has 0 radical (unpaired) electrons. The molecule has 0 aliphatic carbocycles. The summed E-state index contributed by atoms with van der Waals surface area (Å²) >= 11 is 0. The molecule has 26 heavy (non-hydrogen) atoms. The molecule has 0 saturated carbocycles. The van der Waals surface area contributed by atoms with E-state index in [0.717, 1.165) is 34.9 Å². The number of pyridine rings is 1. The molecule has 0 amide bonds. The van der Waals surface area contributed by atoms with E-state index in [4.69, 9.17) is 9.47 Å². The molecule has 0 bridgehead atoms. The van der Waals surface area contributed by atoms with Gasteiger partial charge in [0.15, 0.2) is 0 Å². The number of aryl methyl sites for hydroxylation is 1. The Balaban J connectivity index is 1.80. The summed E-state index contributed by atoms with van der Waals surface area (Å²) in [6, 6.07) is 11.3. The molecule has 0 saturated heterocycles. The van der Waals surface area contributed by atoms with Gasteiger partial charge in [-0.1, -0.05) is 6.07 Å². The molecular formula is C20H24N3O3+. The van der Waals surface area contributed by atoms with Crippen LogP contribution in [0.4, 0.5) is 0 Å². The van der Waals surface area contributed by atoms with Crippen molar-refractivity contribution in [2.75, 3.05) is 21.3 Å². The van der Waals surface area contributed by atoms with Crippen LogP contribution in [-0.2, 0) is 13.1 Å². The smallest absolute Gasteiger partial charge is 0.258 e. The minimum Gasteiger partial charge on any atom is -0.497 e. The number of aromatic nitrogens is 2. The number of rotatable bonds is 6. The summed E-state index contributed by atoms with van der Waals surface area (Å²) in [5, 5.41) is 0. The molecule has 1 unspecified atom stereocenters. The maximum absolute atomic E-state index is 12.3. The summed E-state index contributed by atoms with van der Waals surface area (Å²) in [5.74, 6) is 1.56. The van der Waals surface area contributed by atoms with Crippen molar-refractivity contribution >= 4 is 5.65 Å². The van der Waals surface area contributed by atoms with Gasteiger partial charge in [0.1, 0.15) is 35.9 Å². The summed E-state index contributed by atoms with van der Waals surface area (Å²) in [4.78, 5) is 18.2. The number of benzene rings is 1. The van der Waals surface area contributed by atoms with Gasteiger partial charge < -0.3 is 14.4 Å². The molecule has 3 aromatic rings. The third kappa shape index (κ3) is 3.86. The number of nitrogens with zero attached hydrogens (tertiary/aromatic N) is 2. The molecule has 6 heteroatoms. The van der Waals surface area contributed by atoms with Crippen LogP contribution in [0.5, 0.6) is 11.5 Å². The average Bonchev–Trinajstić information content (AvgIpc) is 2.62. The number of quaternary nitrogens is 1. The SMILES string of the molecule is COc1ccc(C[NH+](C)Cc2cc(=O)n3cc(C)ccc3n2)c(OC)c1. The van der Waals surface area contributed by atoms with E-state index in [1.165, 1.54) is 4.90 Å². The van der Waals surface area contributed by atoms with E-state index < -0.39 is 0 Å². The number of ether oxygens (including phenoxy) is 2. The lowest BCUT2D eigenvalue weighted by Crippen LogP contribution is -3.06. The minimum atomic E-state index is -0.0523. The van der Waals surface area contributed by atoms with Crippen molar-refractivity contribution in [1.29, 1.82) is 0 Å². The zero-order chi connectivity index (χ0) is 18.7. The first-order valence-corrected chi connectivity index (χ1v) is 8.51. The van der Waals surface area contributed by atoms with Crippen LogP contribution in [-0.4, -0.2) is 30.7 Å². The van der Waals surface area contributed by atoms with Gasteiger partial charge in [-0.05, 0) is 30.7 Å². The molecule has 2 aromatic heterocycles. The molecule has 1 aromatic carbocycles. The molecule has 0 spiro atoms. The molecule has 3 rings (SSSR count). The summed E-state index contributed by atoms with van der Waals surface area (Å²) in [6.07, 6.45) is 1.81. The fourth-order valence-corrected chi connectivity index (χ4v) is 3.04. The quantitative estimate of drug-likeness (QED) is 0.724. The number of methoxy groups -OCH3 is 2. The lowest BCUT2D eigenvalue weighted by atomic mass is 10.1. The van der Waals surface area contributed by atoms with Gasteiger partial charge in [0.05, 0.1) is 21.3 Å². The Labute approximate surface area is 152 Å². The predicted octanol–water partition coefficient (Wildman–Crippen LogP) is 1.24. The van der Waals surface area contributed by atoms with Crippen LogP contribution < -0.4 is 19.9 Å². The largest absolute Gasteiger partial charge is 0.497 e. The molecular weight excluding hydrogens is 330 g/mol. The van der Waals surface area contributed by atoms with Crippen LogP contribution >= 0.6 is 0 Å². The van der Waals surface area contributed by atoms with Crippen molar-refractivity contribution in [2.24, 2.45) is 0 Å². The van der Waals surface area contributed by atoms with Gasteiger partial charge in [0.2, 0.25) is 0 Å². The zero-order valence-corrected chi connectivity index (χ0v) is 15.6. The van der Waals surface area contributed by atoms with Crippen LogP contribution in [0.1, 0.15) is 16.8 Å². The summed E-state index contributed by atoms with van der Waals surface area (Å²) in [6.45, 7) is 3.36. The first-order valence-electron chi connectivity index (χ1n) is 8.51. The monoisotopic (exact) mass is 354 g/mol. The average molecular weight is 354 g/mol. The van der Waals surface area contributed by atoms with Crippen LogP contribution in [0, 0.1) is 6.92 Å². The molecule has 1 atom stereocenters. The zero-order valence-electron chi connectivity index (χ0n) is 15.6. The second kappa shape index (κ2) is 7.58. The number of fused-ring (bicyclic) bond motifs is 1. The van der Waals surface area contributed by atoms with Gasteiger partial charge >= 0.3 is 0 Å². The lowest BCUT2D eigenvalue weighted by molar-refractivity contribution is -0.908. The summed E-state index contributed by atoms with van der Waals surface area (Å²) in [7, 11) is 5.36. The van der Waals surface area contributed by atoms with Crippen LogP contribution in [0.2, 0.25) is 0 Å². The van der Waals surface area contributed by atoms with Gasteiger partial charge in [-0.3, -0.25) is 9.20 Å². The Morgan fingerprint density at radius 3 is 2.62 bits per heavy atom. The number of nitrogens with one attached hydrogen (secondary N) is 1. The van der Waals surface area contributed by atoms with E-state index in [-0.39, 0.29) is 5.56 Å². The van der Waals surface area contributed by atoms with E-state index in [1.807, 2.05) is 43.5 Å². The minimum absolute atomic E-state index is 0.0523. The molecule has 0 aliphatic rings. The van der Waals surface area contributed by atoms with Gasteiger partial charge in [0.25, 0.3) is 5.56 Å². The van der Waals surface area contributed by atoms with E-state index in [0.29, 0.717) is 12.2 Å². The predicted molar refractivity (Wildman–Crippen MR) is 100 cm³/mol. The van der Waals surface area contributed by atoms with Gasteiger partial charge in [-0.25, -0.2) is 4.98 Å². The molecule has 0 aliphatic heterocycles. The van der Waals surface area contributed by atoms with E-state index >= 15 is 0 Å². The van der Waals surface area contributed by atoms with Crippen LogP contribution in [0.3, 0.4) is 0 Å². The number of hydrogen-bond acceptors (Lipinski definition) is 4. The Morgan fingerprint density at radius 1 is 1.08 bits per heavy atom. The molecule has 136 valence electrons. The summed E-state index contributed by atoms with van der Waals surface area (Å²) < 4.78 is 12.3. The van der Waals surface area contributed by atoms with Crippen LogP contribution in [0.15, 0.2) is 47.4 Å². The molecule has 1 N–H and O–H groups in total. The highest BCUT2D eigenvalue weighted by atomic mass is 16.5. The van der Waals surface area contributed by atoms with Gasteiger partial charge in [-0.2, -0.15) is 0 Å². The van der Waals surface area contributed by atoms with Crippen molar-refractivity contribution in [3.05, 3.63) is 69.8 Å². The standard InChI is InChI=1S/C20H23N3O3/c1-14-5-8-19-21-16(9-20(24)23(19)11-14)13-22(2)12-15-6-7-17(25-3)10-18(15)26-4/h5-11H,12-13H2,1-4H3/p+1. The highest BCUT2D eigenvalue weighted by Crippen LogP contribution is 2.23. The fourth-order valence-electron chi connectivity index (χ4n) is 3.04. The fraction of sp³-hybridized carbons (Fsp3) is 0.300. The highest BCUT2D eigenvalue weighted by Gasteiger charge is 2.13. The van der Waals surface area contributed by atoms with Gasteiger partial charge in [0, 0.05) is 23.9 Å². The Bertz CT molecular complexity index is 982. The highest BCUT2D eigenvalue weighted by molar-refractivity contribution is 5.41. The molecule has 6 nitrogen and oxygen atoms in total. The van der Waals surface area contributed by atoms with Gasteiger partial charge in [-0.15, -0.1) is 0 Å². The number of hydrogen-bond donors (Lipinski definition) is 1. The van der Waals surface area contributed by atoms with Crippen LogP contribution in [0.25, 0.3) is 5.65 Å². The maximum Gasteiger partial charge on any atom is 0.258 e. The van der Waals surface area contributed by atoms with E-state index in [9.17, 15) is 4.79 Å². The summed E-state index contributed by atoms with van der Waals surface area (Å²) in [5.41, 5.74) is 3.52. The topological polar surface area (TPSA) is 57.3 Å². The van der Waals surface area contributed by atoms with E-state index in [1.54, 1.807) is 24.7 Å². The second-order valence-corrected chi connectivity index (χ2v) is 6.51. The van der Waals surface area contributed by atoms with Crippen molar-refractivity contribution in [3.63, 3.8) is 0 Å². The third-order valence-corrected chi connectivity index (χ3v) is 4.33. The Morgan fingerprint density at radius 2 is 1.88 bits per heavy atom. The lowest BCUT2D eigenvalue weighted by Gasteiger charge is -2.16. The molecule has 0 fully saturated rings. The normalized spacial score (nSPS) is 12.2. The maximum atomic E-state index is 12.3. The second-order valence-electron chi connectivity index (χ2n) is 6.51. The van der Waals surface area contributed by atoms with Crippen molar-refractivity contribution in [1.82, 2.24) is 9.38 Å². The van der Waals surface area contributed by atoms with Crippen molar-refractivity contribution < 1.29 is 14.4 Å². The first-order chi connectivity index (χ1) is 12.5.